The molecule has 4 nitrogen and oxygen atoms in total. The van der Waals surface area contributed by atoms with Crippen LogP contribution < -0.4 is 5.32 Å². The van der Waals surface area contributed by atoms with E-state index >= 15 is 0 Å². The van der Waals surface area contributed by atoms with Crippen LogP contribution >= 0.6 is 0 Å². The number of aryl methyl sites for hydroxylation is 1. The lowest BCUT2D eigenvalue weighted by Gasteiger charge is -2.15. The molecule has 1 aromatic carbocycles. The highest BCUT2D eigenvalue weighted by Gasteiger charge is 2.48. The molecule has 0 heterocycles. The number of nitrogens with one attached hydrogen (secondary N) is 1. The van der Waals surface area contributed by atoms with Crippen LogP contribution in [0.15, 0.2) is 18.2 Å². The van der Waals surface area contributed by atoms with Crippen LogP contribution in [0, 0.1) is 6.92 Å². The number of amides is 1. The zero-order valence-corrected chi connectivity index (χ0v) is 9.58. The van der Waals surface area contributed by atoms with Gasteiger partial charge in [-0.1, -0.05) is 0 Å². The van der Waals surface area contributed by atoms with Crippen molar-refractivity contribution in [2.45, 2.75) is 19.3 Å². The number of carbonyl (C=O) groups is 2. The number of alkyl halides is 4. The molecular weight excluding hydrogens is 270 g/mol. The van der Waals surface area contributed by atoms with Gasteiger partial charge < -0.3 is 10.4 Å². The molecule has 1 amide bonds. The van der Waals surface area contributed by atoms with E-state index in [0.717, 1.165) is 18.2 Å². The molecule has 19 heavy (non-hydrogen) atoms. The summed E-state index contributed by atoms with van der Waals surface area (Å²) in [6.07, 6.45) is -4.12. The van der Waals surface area contributed by atoms with Gasteiger partial charge in [0.2, 0.25) is 0 Å². The molecular formula is C11H9F4NO3. The molecule has 0 radical (unpaired) electrons. The largest absolute Gasteiger partial charge is 0.478 e. The Kier molecular flexibility index (Phi) is 4.13. The number of halogens is 4. The lowest BCUT2D eigenvalue weighted by molar-refractivity contribution is -0.163. The van der Waals surface area contributed by atoms with Crippen molar-refractivity contribution in [2.24, 2.45) is 0 Å². The summed E-state index contributed by atoms with van der Waals surface area (Å²) < 4.78 is 49.2. The van der Waals surface area contributed by atoms with Gasteiger partial charge >= 0.3 is 24.2 Å². The topological polar surface area (TPSA) is 66.4 Å². The lowest BCUT2D eigenvalue weighted by atomic mass is 10.1. The second kappa shape index (κ2) is 5.25. The fourth-order valence-corrected chi connectivity index (χ4v) is 1.29. The number of rotatable bonds is 4. The first-order chi connectivity index (χ1) is 8.66. The summed E-state index contributed by atoms with van der Waals surface area (Å²) in [6.45, 7) is 1.38. The van der Waals surface area contributed by atoms with Gasteiger partial charge in [0.15, 0.2) is 0 Å². The zero-order valence-electron chi connectivity index (χ0n) is 9.58. The average Bonchev–Trinajstić information content (AvgIpc) is 2.28. The Morgan fingerprint density at radius 1 is 1.32 bits per heavy atom. The highest BCUT2D eigenvalue weighted by molar-refractivity contribution is 5.97. The maximum absolute atomic E-state index is 12.7. The van der Waals surface area contributed by atoms with Gasteiger partial charge in [-0.3, -0.25) is 4.79 Å². The molecule has 0 spiro atoms. The minimum Gasteiger partial charge on any atom is -0.478 e. The average molecular weight is 279 g/mol. The van der Waals surface area contributed by atoms with Crippen molar-refractivity contribution in [1.82, 2.24) is 0 Å². The third kappa shape index (κ3) is 3.21. The number of carboxylic acids is 1. The zero-order chi connectivity index (χ0) is 14.8. The standard InChI is InChI=1S/C11H9F4NO3/c1-5-4-6(2-3-7(5)8(17)18)16-10(19)11(14,15)9(12)13/h2-4,9H,1H3,(H,16,19)(H,17,18). The van der Waals surface area contributed by atoms with E-state index in [9.17, 15) is 27.2 Å². The summed E-state index contributed by atoms with van der Waals surface area (Å²) in [4.78, 5) is 21.6. The Morgan fingerprint density at radius 3 is 2.32 bits per heavy atom. The molecule has 0 fully saturated rings. The molecule has 0 atom stereocenters. The lowest BCUT2D eigenvalue weighted by Crippen LogP contribution is -2.41. The van der Waals surface area contributed by atoms with Crippen molar-refractivity contribution in [3.63, 3.8) is 0 Å². The molecule has 0 saturated carbocycles. The normalized spacial score (nSPS) is 11.5. The molecule has 0 saturated heterocycles. The Balaban J connectivity index is 2.93. The monoisotopic (exact) mass is 279 g/mol. The van der Waals surface area contributed by atoms with Crippen molar-refractivity contribution in [2.75, 3.05) is 5.32 Å². The van der Waals surface area contributed by atoms with Gasteiger partial charge in [-0.25, -0.2) is 13.6 Å². The number of hydrogen-bond acceptors (Lipinski definition) is 2. The van der Waals surface area contributed by atoms with Crippen LogP contribution in [0.3, 0.4) is 0 Å². The van der Waals surface area contributed by atoms with Crippen LogP contribution in [0.1, 0.15) is 15.9 Å². The molecule has 1 rings (SSSR count). The van der Waals surface area contributed by atoms with Gasteiger partial charge in [0, 0.05) is 5.69 Å². The molecule has 8 heteroatoms. The molecule has 0 aromatic heterocycles. The SMILES string of the molecule is Cc1cc(NC(=O)C(F)(F)C(F)F)ccc1C(=O)O. The third-order valence-electron chi connectivity index (χ3n) is 2.29. The van der Waals surface area contributed by atoms with Gasteiger partial charge in [-0.05, 0) is 30.7 Å². The molecule has 0 unspecified atom stereocenters. The van der Waals surface area contributed by atoms with E-state index in [2.05, 4.69) is 0 Å². The van der Waals surface area contributed by atoms with Crippen molar-refractivity contribution in [3.05, 3.63) is 29.3 Å². The van der Waals surface area contributed by atoms with E-state index < -0.39 is 24.2 Å². The molecule has 0 aliphatic rings. The van der Waals surface area contributed by atoms with Crippen LogP contribution in [0.25, 0.3) is 0 Å². The van der Waals surface area contributed by atoms with Crippen LogP contribution in [-0.4, -0.2) is 29.3 Å². The van der Waals surface area contributed by atoms with Crippen LogP contribution in [0.2, 0.25) is 0 Å². The predicted octanol–water partition coefficient (Wildman–Crippen LogP) is 2.53. The van der Waals surface area contributed by atoms with E-state index in [1.54, 1.807) is 5.32 Å². The molecule has 104 valence electrons. The summed E-state index contributed by atoms with van der Waals surface area (Å²) >= 11 is 0. The summed E-state index contributed by atoms with van der Waals surface area (Å²) in [5.74, 6) is -8.18. The quantitative estimate of drug-likeness (QED) is 0.832. The van der Waals surface area contributed by atoms with Crippen LogP contribution in [0.5, 0.6) is 0 Å². The van der Waals surface area contributed by atoms with Gasteiger partial charge in [-0.2, -0.15) is 8.78 Å². The first-order valence-corrected chi connectivity index (χ1v) is 4.97. The summed E-state index contributed by atoms with van der Waals surface area (Å²) in [7, 11) is 0. The second-order valence-corrected chi connectivity index (χ2v) is 3.71. The number of carboxylic acid groups (broad SMARTS) is 1. The van der Waals surface area contributed by atoms with Gasteiger partial charge in [0.05, 0.1) is 5.56 Å². The number of carbonyl (C=O) groups excluding carboxylic acids is 1. The van der Waals surface area contributed by atoms with Crippen molar-refractivity contribution >= 4 is 17.6 Å². The van der Waals surface area contributed by atoms with Gasteiger partial charge in [0.25, 0.3) is 0 Å². The summed E-state index contributed by atoms with van der Waals surface area (Å²) in [6, 6.07) is 3.21. The van der Waals surface area contributed by atoms with E-state index in [-0.39, 0.29) is 16.8 Å². The Hall–Kier alpha value is -2.12. The van der Waals surface area contributed by atoms with E-state index in [1.165, 1.54) is 6.92 Å². The Bertz CT molecular complexity index is 517. The smallest absolute Gasteiger partial charge is 0.383 e. The number of aromatic carboxylic acids is 1. The van der Waals surface area contributed by atoms with Gasteiger partial charge in [0.1, 0.15) is 0 Å². The molecule has 1 aromatic rings. The first-order valence-electron chi connectivity index (χ1n) is 4.97. The fraction of sp³-hybridized carbons (Fsp3) is 0.273. The highest BCUT2D eigenvalue weighted by Crippen LogP contribution is 2.25. The van der Waals surface area contributed by atoms with E-state index in [1.807, 2.05) is 0 Å². The summed E-state index contributed by atoms with van der Waals surface area (Å²) in [5.41, 5.74) is -0.0721. The van der Waals surface area contributed by atoms with Crippen LogP contribution in [0.4, 0.5) is 23.2 Å². The molecule has 0 aliphatic heterocycles. The number of hydrogen-bond donors (Lipinski definition) is 2. The first kappa shape index (κ1) is 14.9. The van der Waals surface area contributed by atoms with E-state index in [4.69, 9.17) is 5.11 Å². The fourth-order valence-electron chi connectivity index (χ4n) is 1.29. The maximum atomic E-state index is 12.7. The van der Waals surface area contributed by atoms with Crippen molar-refractivity contribution in [3.8, 4) is 0 Å². The number of anilines is 1. The third-order valence-corrected chi connectivity index (χ3v) is 2.29. The highest BCUT2D eigenvalue weighted by atomic mass is 19.3. The maximum Gasteiger partial charge on any atom is 0.383 e. The van der Waals surface area contributed by atoms with E-state index in [0.29, 0.717) is 0 Å². The van der Waals surface area contributed by atoms with Gasteiger partial charge in [-0.15, -0.1) is 0 Å². The van der Waals surface area contributed by atoms with Crippen molar-refractivity contribution < 1.29 is 32.3 Å². The summed E-state index contributed by atoms with van der Waals surface area (Å²) in [5, 5.41) is 10.3. The molecule has 0 bridgehead atoms. The molecule has 2 N–H and O–H groups in total. The second-order valence-electron chi connectivity index (χ2n) is 3.71. The minimum absolute atomic E-state index is 0.0846. The molecule has 0 aliphatic carbocycles. The van der Waals surface area contributed by atoms with Crippen molar-refractivity contribution in [1.29, 1.82) is 0 Å². The Morgan fingerprint density at radius 2 is 1.89 bits per heavy atom. The minimum atomic E-state index is -4.81. The van der Waals surface area contributed by atoms with Crippen LogP contribution in [-0.2, 0) is 4.79 Å². The Labute approximate surface area is 105 Å². The number of benzene rings is 1. The predicted molar refractivity (Wildman–Crippen MR) is 57.7 cm³/mol.